The maximum Gasteiger partial charge on any atom is 0.379 e. The van der Waals surface area contributed by atoms with Crippen LogP contribution >= 0.6 is 0 Å². The first-order valence-corrected chi connectivity index (χ1v) is 7.04. The molecule has 5 heteroatoms. The predicted molar refractivity (Wildman–Crippen MR) is 78.9 cm³/mol. The largest absolute Gasteiger partial charge is 0.491 e. The third kappa shape index (κ3) is 5.10. The zero-order chi connectivity index (χ0) is 16.0. The van der Waals surface area contributed by atoms with E-state index < -0.39 is 11.8 Å². The number of esters is 1. The van der Waals surface area contributed by atoms with Crippen LogP contribution in [0.15, 0.2) is 18.2 Å². The summed E-state index contributed by atoms with van der Waals surface area (Å²) in [5, 5.41) is 0. The first-order valence-electron chi connectivity index (χ1n) is 7.04. The van der Waals surface area contributed by atoms with Crippen LogP contribution in [-0.2, 0) is 9.53 Å². The van der Waals surface area contributed by atoms with Crippen molar-refractivity contribution in [2.45, 2.75) is 46.8 Å². The lowest BCUT2D eigenvalue weighted by Crippen LogP contribution is -2.20. The van der Waals surface area contributed by atoms with Gasteiger partial charge in [0.15, 0.2) is 0 Å². The Morgan fingerprint density at radius 3 is 2.19 bits per heavy atom. The highest BCUT2D eigenvalue weighted by molar-refractivity contribution is 6.41. The molecule has 0 bridgehead atoms. The smallest absolute Gasteiger partial charge is 0.379 e. The second-order valence-electron chi connectivity index (χ2n) is 5.04. The average Bonchev–Trinajstić information content (AvgIpc) is 2.38. The van der Waals surface area contributed by atoms with E-state index >= 15 is 0 Å². The summed E-state index contributed by atoms with van der Waals surface area (Å²) in [5.74, 6) is -0.776. The van der Waals surface area contributed by atoms with Crippen LogP contribution in [0.1, 0.15) is 45.0 Å². The van der Waals surface area contributed by atoms with Crippen molar-refractivity contribution >= 4 is 11.8 Å². The molecule has 0 amide bonds. The van der Waals surface area contributed by atoms with E-state index in [1.807, 2.05) is 27.7 Å². The number of hydrogen-bond acceptors (Lipinski definition) is 5. The van der Waals surface area contributed by atoms with Gasteiger partial charge in [-0.15, -0.1) is 0 Å². The molecule has 1 aromatic carbocycles. The van der Waals surface area contributed by atoms with Gasteiger partial charge in [-0.25, -0.2) is 4.79 Å². The summed E-state index contributed by atoms with van der Waals surface area (Å²) in [4.78, 5) is 23.8. The van der Waals surface area contributed by atoms with Crippen molar-refractivity contribution in [3.63, 3.8) is 0 Å². The topological polar surface area (TPSA) is 61.8 Å². The second-order valence-corrected chi connectivity index (χ2v) is 5.04. The maximum atomic E-state index is 12.2. The molecule has 0 heterocycles. The van der Waals surface area contributed by atoms with Crippen molar-refractivity contribution in [3.05, 3.63) is 23.8 Å². The number of Topliss-reactive ketones (excluding diaryl/α,β-unsaturated/α-hetero) is 1. The van der Waals surface area contributed by atoms with Gasteiger partial charge in [-0.05, 0) is 52.8 Å². The van der Waals surface area contributed by atoms with E-state index in [0.29, 0.717) is 11.5 Å². The standard InChI is InChI=1S/C16H22O5/c1-6-19-16(18)15(17)13-9-12(20-10(2)3)7-8-14(13)21-11(4)5/h7-11H,6H2,1-5H3. The number of carbonyl (C=O) groups is 2. The molecule has 0 fully saturated rings. The predicted octanol–water partition coefficient (Wildman–Crippen LogP) is 3.01. The molecule has 0 N–H and O–H groups in total. The third-order valence-electron chi connectivity index (χ3n) is 2.39. The van der Waals surface area contributed by atoms with Crippen molar-refractivity contribution in [1.29, 1.82) is 0 Å². The van der Waals surface area contributed by atoms with E-state index in [2.05, 4.69) is 0 Å². The zero-order valence-corrected chi connectivity index (χ0v) is 13.1. The molecule has 0 saturated carbocycles. The maximum absolute atomic E-state index is 12.2. The molecule has 0 aliphatic heterocycles. The van der Waals surface area contributed by atoms with Crippen LogP contribution in [0.5, 0.6) is 11.5 Å². The number of carbonyl (C=O) groups excluding carboxylic acids is 2. The normalized spacial score (nSPS) is 10.6. The van der Waals surface area contributed by atoms with E-state index in [1.165, 1.54) is 6.07 Å². The van der Waals surface area contributed by atoms with E-state index in [9.17, 15) is 9.59 Å². The van der Waals surface area contributed by atoms with Gasteiger partial charge in [-0.2, -0.15) is 0 Å². The molecule has 0 spiro atoms. The molecule has 0 aliphatic rings. The van der Waals surface area contributed by atoms with Gasteiger partial charge in [-0.1, -0.05) is 0 Å². The molecule has 1 aromatic rings. The summed E-state index contributed by atoms with van der Waals surface area (Å²) < 4.78 is 15.9. The lowest BCUT2D eigenvalue weighted by Gasteiger charge is -2.16. The minimum absolute atomic E-state index is 0.0348. The van der Waals surface area contributed by atoms with E-state index in [-0.39, 0.29) is 24.4 Å². The lowest BCUT2D eigenvalue weighted by atomic mass is 10.1. The fourth-order valence-electron chi connectivity index (χ4n) is 1.70. The third-order valence-corrected chi connectivity index (χ3v) is 2.39. The Balaban J connectivity index is 3.15. The van der Waals surface area contributed by atoms with Gasteiger partial charge in [0.2, 0.25) is 0 Å². The molecule has 0 unspecified atom stereocenters. The highest BCUT2D eigenvalue weighted by Crippen LogP contribution is 2.26. The Hall–Kier alpha value is -2.04. The molecule has 0 atom stereocenters. The molecular weight excluding hydrogens is 272 g/mol. The molecule has 21 heavy (non-hydrogen) atoms. The molecular formula is C16H22O5. The van der Waals surface area contributed by atoms with Gasteiger partial charge in [0.1, 0.15) is 11.5 Å². The van der Waals surface area contributed by atoms with Crippen LogP contribution in [0.4, 0.5) is 0 Å². The van der Waals surface area contributed by atoms with Gasteiger partial charge < -0.3 is 14.2 Å². The Kier molecular flexibility index (Phi) is 6.21. The van der Waals surface area contributed by atoms with Crippen LogP contribution in [0, 0.1) is 0 Å². The van der Waals surface area contributed by atoms with Crippen molar-refractivity contribution in [2.75, 3.05) is 6.61 Å². The van der Waals surface area contributed by atoms with Crippen LogP contribution in [0.2, 0.25) is 0 Å². The molecule has 0 aromatic heterocycles. The molecule has 0 saturated heterocycles. The van der Waals surface area contributed by atoms with E-state index in [0.717, 1.165) is 0 Å². The van der Waals surface area contributed by atoms with Crippen molar-refractivity contribution in [2.24, 2.45) is 0 Å². The zero-order valence-electron chi connectivity index (χ0n) is 13.1. The van der Waals surface area contributed by atoms with Crippen molar-refractivity contribution < 1.29 is 23.8 Å². The van der Waals surface area contributed by atoms with Gasteiger partial charge in [0.05, 0.1) is 24.4 Å². The molecule has 116 valence electrons. The summed E-state index contributed by atoms with van der Waals surface area (Å²) in [6.07, 6.45) is -0.150. The fraction of sp³-hybridized carbons (Fsp3) is 0.500. The fourth-order valence-corrected chi connectivity index (χ4v) is 1.70. The van der Waals surface area contributed by atoms with Crippen LogP contribution in [0.3, 0.4) is 0 Å². The monoisotopic (exact) mass is 294 g/mol. The number of ether oxygens (including phenoxy) is 3. The number of ketones is 1. The molecule has 0 aliphatic carbocycles. The quantitative estimate of drug-likeness (QED) is 0.439. The van der Waals surface area contributed by atoms with Crippen molar-refractivity contribution in [1.82, 2.24) is 0 Å². The van der Waals surface area contributed by atoms with Gasteiger partial charge in [0, 0.05) is 0 Å². The Morgan fingerprint density at radius 2 is 1.67 bits per heavy atom. The lowest BCUT2D eigenvalue weighted by molar-refractivity contribution is -0.137. The molecule has 5 nitrogen and oxygen atoms in total. The Bertz CT molecular complexity index is 505. The van der Waals surface area contributed by atoms with Gasteiger partial charge in [-0.3, -0.25) is 4.79 Å². The van der Waals surface area contributed by atoms with E-state index in [4.69, 9.17) is 14.2 Å². The Labute approximate surface area is 125 Å². The summed E-state index contributed by atoms with van der Waals surface area (Å²) in [7, 11) is 0. The number of benzene rings is 1. The van der Waals surface area contributed by atoms with Crippen LogP contribution in [0.25, 0.3) is 0 Å². The summed E-state index contributed by atoms with van der Waals surface area (Å²) in [6.45, 7) is 9.24. The van der Waals surface area contributed by atoms with Crippen LogP contribution < -0.4 is 9.47 Å². The minimum Gasteiger partial charge on any atom is -0.491 e. The average molecular weight is 294 g/mol. The highest BCUT2D eigenvalue weighted by Gasteiger charge is 2.23. The van der Waals surface area contributed by atoms with Gasteiger partial charge in [0.25, 0.3) is 5.78 Å². The summed E-state index contributed by atoms with van der Waals surface area (Å²) in [5.41, 5.74) is 0.153. The number of rotatable bonds is 7. The van der Waals surface area contributed by atoms with Gasteiger partial charge >= 0.3 is 5.97 Å². The SMILES string of the molecule is CCOC(=O)C(=O)c1cc(OC(C)C)ccc1OC(C)C. The first-order chi connectivity index (χ1) is 9.85. The Morgan fingerprint density at radius 1 is 1.05 bits per heavy atom. The second kappa shape index (κ2) is 7.67. The summed E-state index contributed by atoms with van der Waals surface area (Å²) >= 11 is 0. The molecule has 0 radical (unpaired) electrons. The van der Waals surface area contributed by atoms with Crippen LogP contribution in [-0.4, -0.2) is 30.6 Å². The first kappa shape index (κ1) is 17.0. The molecule has 1 rings (SSSR count). The summed E-state index contributed by atoms with van der Waals surface area (Å²) in [6, 6.07) is 4.85. The van der Waals surface area contributed by atoms with Crippen molar-refractivity contribution in [3.8, 4) is 11.5 Å². The minimum atomic E-state index is -0.896. The highest BCUT2D eigenvalue weighted by atomic mass is 16.5. The van der Waals surface area contributed by atoms with E-state index in [1.54, 1.807) is 19.1 Å². The number of hydrogen-bond donors (Lipinski definition) is 0.